The molecular weight excluding hydrogens is 406 g/mol. The summed E-state index contributed by atoms with van der Waals surface area (Å²) in [5.74, 6) is 0.143. The molecule has 0 aliphatic carbocycles. The first-order valence-electron chi connectivity index (χ1n) is 11.1. The molecule has 2 aromatic rings. The predicted molar refractivity (Wildman–Crippen MR) is 122 cm³/mol. The first-order valence-corrected chi connectivity index (χ1v) is 11.1. The van der Waals surface area contributed by atoms with Gasteiger partial charge in [0.2, 0.25) is 17.7 Å². The molecule has 1 aliphatic rings. The summed E-state index contributed by atoms with van der Waals surface area (Å²) in [7, 11) is 0. The Balaban J connectivity index is 1.37. The SMILES string of the molecule is CCOc1ccc(CC(=O)NCCNC(=O)C2CC(=O)N(C(C)c3ccccc3)C2)cc1. The molecule has 1 heterocycles. The van der Waals surface area contributed by atoms with Crippen LogP contribution in [-0.2, 0) is 20.8 Å². The standard InChI is InChI=1S/C25H31N3O4/c1-3-32-22-11-9-19(10-12-22)15-23(29)26-13-14-27-25(31)21-16-24(30)28(17-21)18(2)20-7-5-4-6-8-20/h4-12,18,21H,3,13-17H2,1-2H3,(H,26,29)(H,27,31). The van der Waals surface area contributed by atoms with E-state index in [0.29, 0.717) is 26.2 Å². The van der Waals surface area contributed by atoms with Crippen LogP contribution >= 0.6 is 0 Å². The molecule has 7 heteroatoms. The number of hydrogen-bond donors (Lipinski definition) is 2. The first-order chi connectivity index (χ1) is 15.5. The van der Waals surface area contributed by atoms with E-state index in [9.17, 15) is 14.4 Å². The summed E-state index contributed by atoms with van der Waals surface area (Å²) < 4.78 is 5.39. The quantitative estimate of drug-likeness (QED) is 0.559. The number of likely N-dealkylation sites (tertiary alicyclic amines) is 1. The van der Waals surface area contributed by atoms with Crippen LogP contribution in [0.1, 0.15) is 37.4 Å². The van der Waals surface area contributed by atoms with Crippen LogP contribution < -0.4 is 15.4 Å². The van der Waals surface area contributed by atoms with Gasteiger partial charge in [-0.1, -0.05) is 42.5 Å². The highest BCUT2D eigenvalue weighted by molar-refractivity contribution is 5.89. The van der Waals surface area contributed by atoms with E-state index in [0.717, 1.165) is 16.9 Å². The molecule has 0 radical (unpaired) electrons. The molecule has 32 heavy (non-hydrogen) atoms. The molecule has 170 valence electrons. The van der Waals surface area contributed by atoms with Gasteiger partial charge in [0.15, 0.2) is 0 Å². The van der Waals surface area contributed by atoms with Crippen LogP contribution in [0.3, 0.4) is 0 Å². The van der Waals surface area contributed by atoms with Crippen LogP contribution in [0.25, 0.3) is 0 Å². The van der Waals surface area contributed by atoms with E-state index < -0.39 is 0 Å². The zero-order valence-corrected chi connectivity index (χ0v) is 18.7. The fourth-order valence-electron chi connectivity index (χ4n) is 3.84. The summed E-state index contributed by atoms with van der Waals surface area (Å²) in [5, 5.41) is 5.65. The van der Waals surface area contributed by atoms with Gasteiger partial charge in [-0.2, -0.15) is 0 Å². The van der Waals surface area contributed by atoms with Crippen molar-refractivity contribution in [2.75, 3.05) is 26.2 Å². The number of amides is 3. The molecule has 1 fully saturated rings. The molecule has 0 bridgehead atoms. The van der Waals surface area contributed by atoms with E-state index >= 15 is 0 Å². The number of nitrogens with zero attached hydrogens (tertiary/aromatic N) is 1. The van der Waals surface area contributed by atoms with Gasteiger partial charge >= 0.3 is 0 Å². The third-order valence-electron chi connectivity index (χ3n) is 5.62. The van der Waals surface area contributed by atoms with Crippen molar-refractivity contribution in [1.29, 1.82) is 0 Å². The van der Waals surface area contributed by atoms with Crippen LogP contribution in [0, 0.1) is 5.92 Å². The third-order valence-corrected chi connectivity index (χ3v) is 5.62. The summed E-state index contributed by atoms with van der Waals surface area (Å²) in [6.45, 7) is 5.58. The summed E-state index contributed by atoms with van der Waals surface area (Å²) in [5.41, 5.74) is 1.95. The molecule has 0 spiro atoms. The Morgan fingerprint density at radius 3 is 2.44 bits per heavy atom. The van der Waals surface area contributed by atoms with Gasteiger partial charge in [0, 0.05) is 26.1 Å². The molecule has 0 aromatic heterocycles. The number of benzene rings is 2. The molecule has 2 aromatic carbocycles. The molecule has 3 rings (SSSR count). The van der Waals surface area contributed by atoms with E-state index in [1.807, 2.05) is 68.4 Å². The van der Waals surface area contributed by atoms with E-state index in [1.54, 1.807) is 4.90 Å². The van der Waals surface area contributed by atoms with Crippen molar-refractivity contribution in [3.63, 3.8) is 0 Å². The molecule has 1 aliphatic heterocycles. The zero-order chi connectivity index (χ0) is 22.9. The highest BCUT2D eigenvalue weighted by atomic mass is 16.5. The van der Waals surface area contributed by atoms with Gasteiger partial charge in [0.25, 0.3) is 0 Å². The Morgan fingerprint density at radius 1 is 1.06 bits per heavy atom. The third kappa shape index (κ3) is 6.33. The minimum Gasteiger partial charge on any atom is -0.494 e. The number of carbonyl (C=O) groups excluding carboxylic acids is 3. The van der Waals surface area contributed by atoms with Gasteiger partial charge in [-0.25, -0.2) is 0 Å². The molecule has 0 saturated carbocycles. The molecule has 1 saturated heterocycles. The van der Waals surface area contributed by atoms with Gasteiger partial charge < -0.3 is 20.3 Å². The Kier molecular flexibility index (Phi) is 8.25. The fraction of sp³-hybridized carbons (Fsp3) is 0.400. The van der Waals surface area contributed by atoms with Gasteiger partial charge in [-0.3, -0.25) is 14.4 Å². The van der Waals surface area contributed by atoms with Crippen LogP contribution in [0.2, 0.25) is 0 Å². The van der Waals surface area contributed by atoms with Crippen molar-refractivity contribution in [3.05, 3.63) is 65.7 Å². The summed E-state index contributed by atoms with van der Waals surface area (Å²) in [6.07, 6.45) is 0.483. The number of carbonyl (C=O) groups is 3. The zero-order valence-electron chi connectivity index (χ0n) is 18.7. The lowest BCUT2D eigenvalue weighted by Crippen LogP contribution is -2.39. The average Bonchev–Trinajstić information content (AvgIpc) is 3.20. The van der Waals surface area contributed by atoms with Gasteiger partial charge in [-0.05, 0) is 37.1 Å². The molecule has 3 amide bonds. The van der Waals surface area contributed by atoms with Crippen molar-refractivity contribution < 1.29 is 19.1 Å². The van der Waals surface area contributed by atoms with Crippen molar-refractivity contribution in [3.8, 4) is 5.75 Å². The second-order valence-corrected chi connectivity index (χ2v) is 7.93. The van der Waals surface area contributed by atoms with E-state index in [4.69, 9.17) is 4.74 Å². The van der Waals surface area contributed by atoms with E-state index in [1.165, 1.54) is 0 Å². The smallest absolute Gasteiger partial charge is 0.225 e. The Hall–Kier alpha value is -3.35. The van der Waals surface area contributed by atoms with Crippen molar-refractivity contribution in [1.82, 2.24) is 15.5 Å². The number of ether oxygens (including phenoxy) is 1. The fourth-order valence-corrected chi connectivity index (χ4v) is 3.84. The maximum Gasteiger partial charge on any atom is 0.225 e. The lowest BCUT2D eigenvalue weighted by Gasteiger charge is -2.25. The second kappa shape index (κ2) is 11.3. The summed E-state index contributed by atoms with van der Waals surface area (Å²) in [6, 6.07) is 17.2. The van der Waals surface area contributed by atoms with Crippen molar-refractivity contribution in [2.24, 2.45) is 5.92 Å². The maximum atomic E-state index is 12.5. The predicted octanol–water partition coefficient (Wildman–Crippen LogP) is 2.47. The molecule has 2 N–H and O–H groups in total. The summed E-state index contributed by atoms with van der Waals surface area (Å²) in [4.78, 5) is 38.8. The first kappa shape index (κ1) is 23.3. The van der Waals surface area contributed by atoms with E-state index in [-0.39, 0.29) is 42.5 Å². The Morgan fingerprint density at radius 2 is 1.75 bits per heavy atom. The van der Waals surface area contributed by atoms with Gasteiger partial charge in [0.05, 0.1) is 25.0 Å². The molecule has 2 atom stereocenters. The Bertz CT molecular complexity index is 915. The van der Waals surface area contributed by atoms with Crippen molar-refractivity contribution in [2.45, 2.75) is 32.7 Å². The van der Waals surface area contributed by atoms with Crippen LogP contribution in [0.4, 0.5) is 0 Å². The van der Waals surface area contributed by atoms with Crippen LogP contribution in [0.5, 0.6) is 5.75 Å². The minimum atomic E-state index is -0.367. The number of rotatable bonds is 10. The van der Waals surface area contributed by atoms with Crippen LogP contribution in [0.15, 0.2) is 54.6 Å². The highest BCUT2D eigenvalue weighted by Gasteiger charge is 2.36. The minimum absolute atomic E-state index is 0.00911. The number of nitrogens with one attached hydrogen (secondary N) is 2. The topological polar surface area (TPSA) is 87.7 Å². The van der Waals surface area contributed by atoms with Crippen molar-refractivity contribution >= 4 is 17.7 Å². The monoisotopic (exact) mass is 437 g/mol. The highest BCUT2D eigenvalue weighted by Crippen LogP contribution is 2.28. The van der Waals surface area contributed by atoms with E-state index in [2.05, 4.69) is 10.6 Å². The average molecular weight is 438 g/mol. The van der Waals surface area contributed by atoms with Gasteiger partial charge in [0.1, 0.15) is 5.75 Å². The second-order valence-electron chi connectivity index (χ2n) is 7.93. The summed E-state index contributed by atoms with van der Waals surface area (Å²) >= 11 is 0. The maximum absolute atomic E-state index is 12.5. The lowest BCUT2D eigenvalue weighted by molar-refractivity contribution is -0.130. The van der Waals surface area contributed by atoms with Gasteiger partial charge in [-0.15, -0.1) is 0 Å². The molecule has 7 nitrogen and oxygen atoms in total. The molecular formula is C25H31N3O4. The molecule has 2 unspecified atom stereocenters. The lowest BCUT2D eigenvalue weighted by atomic mass is 10.1. The Labute approximate surface area is 189 Å². The normalized spacial score (nSPS) is 16.5. The van der Waals surface area contributed by atoms with Crippen LogP contribution in [-0.4, -0.2) is 48.9 Å². The largest absolute Gasteiger partial charge is 0.494 e. The number of hydrogen-bond acceptors (Lipinski definition) is 4.